The van der Waals surface area contributed by atoms with Crippen molar-refractivity contribution in [1.82, 2.24) is 4.98 Å². The maximum Gasteiger partial charge on any atom is 0.109 e. The summed E-state index contributed by atoms with van der Waals surface area (Å²) < 4.78 is 15.9. The Kier molecular flexibility index (Phi) is 67.7. The Morgan fingerprint density at radius 1 is 0.275 bits per heavy atom. The lowest BCUT2D eigenvalue weighted by Crippen LogP contribution is -1.95. The molecule has 0 amide bonds. The molecular formula is C84H155NO3S3. The summed E-state index contributed by atoms with van der Waals surface area (Å²) in [5, 5.41) is 8.95. The number of nitrogens with one attached hydrogen (secondary N) is 1. The van der Waals surface area contributed by atoms with Gasteiger partial charge in [-0.15, -0.1) is 22.7 Å². The van der Waals surface area contributed by atoms with Crippen LogP contribution < -0.4 is 0 Å². The van der Waals surface area contributed by atoms with Crippen molar-refractivity contribution in [1.29, 1.82) is 0 Å². The molecule has 1 N–H and O–H groups in total. The fourth-order valence-corrected chi connectivity index (χ4v) is 12.3. The van der Waals surface area contributed by atoms with Gasteiger partial charge in [0.25, 0.3) is 0 Å². The van der Waals surface area contributed by atoms with Gasteiger partial charge in [-0.3, -0.25) is 0 Å². The summed E-state index contributed by atoms with van der Waals surface area (Å²) in [5.41, 5.74) is 14.4. The van der Waals surface area contributed by atoms with E-state index in [4.69, 9.17) is 13.3 Å². The highest BCUT2D eigenvalue weighted by Gasteiger charge is 2.16. The van der Waals surface area contributed by atoms with Crippen molar-refractivity contribution in [3.63, 3.8) is 0 Å². The first kappa shape index (κ1) is 101. The second kappa shape index (κ2) is 61.1. The molecule has 0 atom stereocenters. The molecule has 532 valence electrons. The van der Waals surface area contributed by atoms with Gasteiger partial charge in [-0.1, -0.05) is 291 Å². The lowest BCUT2D eigenvalue weighted by molar-refractivity contribution is 0.479. The van der Waals surface area contributed by atoms with Crippen LogP contribution in [-0.2, 0) is 0 Å². The van der Waals surface area contributed by atoms with Crippen molar-refractivity contribution in [2.24, 2.45) is 0 Å². The van der Waals surface area contributed by atoms with E-state index >= 15 is 0 Å². The second-order valence-corrected chi connectivity index (χ2v) is 27.7. The molecule has 0 radical (unpaired) electrons. The number of furan rings is 3. The molecule has 7 rings (SSSR count). The van der Waals surface area contributed by atoms with Gasteiger partial charge in [0.1, 0.15) is 11.5 Å². The number of hydrogen-bond donors (Lipinski definition) is 1. The Labute approximate surface area is 582 Å². The minimum atomic E-state index is 0.502. The normalized spacial score (nSPS) is 10.2. The van der Waals surface area contributed by atoms with E-state index in [1.165, 1.54) is 55.8 Å². The largest absolute Gasteiger partial charge is 0.472 e. The number of hydrogen-bond acceptors (Lipinski definition) is 6. The second-order valence-electron chi connectivity index (χ2n) is 25.0. The minimum Gasteiger partial charge on any atom is -0.472 e. The maximum atomic E-state index is 5.39. The lowest BCUT2D eigenvalue weighted by atomic mass is 9.95. The van der Waals surface area contributed by atoms with Gasteiger partial charge in [0.2, 0.25) is 0 Å². The fraction of sp³-hybridized carbons (Fsp3) is 0.667. The third-order valence-corrected chi connectivity index (χ3v) is 16.7. The zero-order valence-electron chi connectivity index (χ0n) is 68.1. The Balaban J connectivity index is -0.000000175. The van der Waals surface area contributed by atoms with E-state index < -0.39 is 0 Å². The fourth-order valence-electron chi connectivity index (χ4n) is 9.02. The van der Waals surface area contributed by atoms with E-state index in [-0.39, 0.29) is 0 Å². The Bertz CT molecular complexity index is 1890. The monoisotopic (exact) mass is 1320 g/mol. The average Bonchev–Trinajstić information content (AvgIpc) is 3.21. The average molecular weight is 1320 g/mol. The number of rotatable bonds is 14. The Morgan fingerprint density at radius 3 is 0.747 bits per heavy atom. The van der Waals surface area contributed by atoms with Gasteiger partial charge in [0.15, 0.2) is 0 Å². The smallest absolute Gasteiger partial charge is 0.109 e. The molecular weight excluding hydrogens is 1170 g/mol. The van der Waals surface area contributed by atoms with Crippen LogP contribution in [0.2, 0.25) is 0 Å². The van der Waals surface area contributed by atoms with Gasteiger partial charge in [-0.25, -0.2) is 0 Å². The van der Waals surface area contributed by atoms with E-state index in [2.05, 4.69) is 251 Å². The first-order chi connectivity index (χ1) is 42.9. The molecule has 7 aromatic rings. The van der Waals surface area contributed by atoms with E-state index in [1.54, 1.807) is 22.3 Å². The molecule has 7 heterocycles. The Morgan fingerprint density at radius 2 is 0.549 bits per heavy atom. The molecule has 0 fully saturated rings. The molecule has 0 saturated heterocycles. The predicted molar refractivity (Wildman–Crippen MR) is 427 cm³/mol. The van der Waals surface area contributed by atoms with Crippen LogP contribution in [0.1, 0.15) is 451 Å². The summed E-state index contributed by atoms with van der Waals surface area (Å²) in [4.78, 5) is 6.40. The quantitative estimate of drug-likeness (QED) is 0.118. The number of aromatic amines is 1. The highest BCUT2D eigenvalue weighted by molar-refractivity contribution is 7.10. The van der Waals surface area contributed by atoms with Gasteiger partial charge in [-0.2, -0.15) is 11.3 Å². The third kappa shape index (κ3) is 40.9. The summed E-state index contributed by atoms with van der Waals surface area (Å²) in [6.07, 6.45) is 9.32. The minimum absolute atomic E-state index is 0.502. The SMILES string of the molecule is CC.CC.CC.CC.CC.CC.CC.CC(C)c1cc[nH]c1C(C)C.CC(C)c1ccoc1C(C)C.CC(C)c1ccoc1C(C)C.CC(C)c1ccsc1C(C)C.CC(C)c1ccsc1C(C)C.CC(C)c1cocc1C(C)C.CC(C)c1cscc1C(C)C. The molecule has 0 aliphatic carbocycles. The molecule has 4 nitrogen and oxygen atoms in total. The molecule has 0 unspecified atom stereocenters. The first-order valence-corrected chi connectivity index (χ1v) is 39.2. The summed E-state index contributed by atoms with van der Waals surface area (Å²) in [6.45, 7) is 90.2. The first-order valence-electron chi connectivity index (χ1n) is 36.5. The highest BCUT2D eigenvalue weighted by atomic mass is 32.1. The maximum absolute atomic E-state index is 5.39. The van der Waals surface area contributed by atoms with E-state index in [0.717, 1.165) is 11.5 Å². The number of H-pyrrole nitrogens is 1. The van der Waals surface area contributed by atoms with Crippen LogP contribution in [0.4, 0.5) is 0 Å². The third-order valence-electron chi connectivity index (χ3n) is 13.4. The zero-order valence-corrected chi connectivity index (χ0v) is 70.6. The molecule has 0 bridgehead atoms. The van der Waals surface area contributed by atoms with E-state index in [1.807, 2.05) is 150 Å². The summed E-state index contributed by atoms with van der Waals surface area (Å²) in [5.74, 6) is 10.9. The zero-order chi connectivity index (χ0) is 73.0. The molecule has 7 aromatic heterocycles. The highest BCUT2D eigenvalue weighted by Crippen LogP contribution is 2.34. The molecule has 91 heavy (non-hydrogen) atoms. The molecule has 0 spiro atoms. The van der Waals surface area contributed by atoms with E-state index in [0.29, 0.717) is 82.9 Å². The van der Waals surface area contributed by atoms with Crippen LogP contribution >= 0.6 is 34.0 Å². The van der Waals surface area contributed by atoms with Crippen LogP contribution in [-0.4, -0.2) is 4.98 Å². The molecule has 0 aromatic carbocycles. The van der Waals surface area contributed by atoms with Crippen molar-refractivity contribution in [2.45, 2.75) is 374 Å². The number of thiophene rings is 3. The van der Waals surface area contributed by atoms with Gasteiger partial charge in [-0.05, 0) is 173 Å². The summed E-state index contributed by atoms with van der Waals surface area (Å²) in [7, 11) is 0. The lowest BCUT2D eigenvalue weighted by Gasteiger charge is -2.09. The molecule has 0 aliphatic heterocycles. The number of aromatic nitrogens is 1. The van der Waals surface area contributed by atoms with Crippen molar-refractivity contribution >= 4 is 34.0 Å². The standard InChI is InChI=1S/C10H17N.3C10H16O.3C10H16S.7C2H6/c1-7(2)9-5-6-11-10(9)8(3)4;1-7(2)9-5-11-6-10(9)8(3)4;2*1-7(2)9-5-6-11-10(9)8(3)4;1-7(2)9-5-11-6-10(9)8(3)4;2*1-7(2)9-5-6-11-10(9)8(3)4;7*1-2/h5-8,11H,1-4H3;6*5-8H,1-4H3;7*1-2H3. The van der Waals surface area contributed by atoms with Gasteiger partial charge in [0, 0.05) is 33.5 Å². The van der Waals surface area contributed by atoms with Crippen LogP contribution in [0.25, 0.3) is 0 Å². The van der Waals surface area contributed by atoms with Gasteiger partial charge in [0.05, 0.1) is 25.1 Å². The van der Waals surface area contributed by atoms with Crippen molar-refractivity contribution in [2.75, 3.05) is 0 Å². The summed E-state index contributed by atoms with van der Waals surface area (Å²) in [6, 6.07) is 10.8. The molecule has 7 heteroatoms. The van der Waals surface area contributed by atoms with Crippen LogP contribution in [0.5, 0.6) is 0 Å². The van der Waals surface area contributed by atoms with Crippen LogP contribution in [0.15, 0.2) is 96.4 Å². The predicted octanol–water partition coefficient (Wildman–Crippen LogP) is 33.0. The molecule has 0 aliphatic rings. The Hall–Kier alpha value is -3.78. The summed E-state index contributed by atoms with van der Waals surface area (Å²) >= 11 is 5.59. The molecule has 0 saturated carbocycles. The van der Waals surface area contributed by atoms with Crippen molar-refractivity contribution in [3.05, 3.63) is 160 Å². The van der Waals surface area contributed by atoms with Crippen molar-refractivity contribution in [3.8, 4) is 0 Å². The van der Waals surface area contributed by atoms with E-state index in [9.17, 15) is 0 Å². The van der Waals surface area contributed by atoms with Crippen molar-refractivity contribution < 1.29 is 13.3 Å². The van der Waals surface area contributed by atoms with Gasteiger partial charge >= 0.3 is 0 Å². The van der Waals surface area contributed by atoms with Crippen LogP contribution in [0.3, 0.4) is 0 Å². The van der Waals surface area contributed by atoms with Gasteiger partial charge < -0.3 is 18.2 Å². The van der Waals surface area contributed by atoms with Crippen LogP contribution in [0, 0.1) is 0 Å². The topological polar surface area (TPSA) is 55.2 Å².